The Bertz CT molecular complexity index is 1200. The first-order chi connectivity index (χ1) is 14.6. The molecule has 4 aromatic rings. The molecule has 0 saturated heterocycles. The van der Waals surface area contributed by atoms with E-state index in [1.165, 1.54) is 3.57 Å². The van der Waals surface area contributed by atoms with Crippen molar-refractivity contribution >= 4 is 45.1 Å². The fraction of sp³-hybridized carbons (Fsp3) is 0.167. The van der Waals surface area contributed by atoms with Crippen LogP contribution in [0.15, 0.2) is 77.6 Å². The first-order valence-electron chi connectivity index (χ1n) is 9.76. The van der Waals surface area contributed by atoms with E-state index in [1.54, 1.807) is 4.57 Å². The Kier molecular flexibility index (Phi) is 6.69. The van der Waals surface area contributed by atoms with Gasteiger partial charge in [0.1, 0.15) is 11.6 Å². The topological polar surface area (TPSA) is 44.1 Å². The third-order valence-electron chi connectivity index (χ3n) is 4.82. The zero-order valence-corrected chi connectivity index (χ0v) is 19.1. The van der Waals surface area contributed by atoms with Gasteiger partial charge in [-0.1, -0.05) is 23.7 Å². The Labute approximate surface area is 193 Å². The van der Waals surface area contributed by atoms with Gasteiger partial charge in [-0.3, -0.25) is 9.36 Å². The van der Waals surface area contributed by atoms with Crippen LogP contribution in [0, 0.1) is 3.57 Å². The van der Waals surface area contributed by atoms with Crippen molar-refractivity contribution in [2.45, 2.75) is 19.4 Å². The summed E-state index contributed by atoms with van der Waals surface area (Å²) in [6.45, 7) is 1.18. The van der Waals surface area contributed by atoms with E-state index >= 15 is 0 Å². The summed E-state index contributed by atoms with van der Waals surface area (Å²) in [6, 6.07) is 22.9. The number of ether oxygens (including phenoxy) is 1. The van der Waals surface area contributed by atoms with E-state index in [9.17, 15) is 4.79 Å². The van der Waals surface area contributed by atoms with Crippen molar-refractivity contribution in [1.29, 1.82) is 0 Å². The number of hydrogen-bond donors (Lipinski definition) is 0. The van der Waals surface area contributed by atoms with E-state index in [4.69, 9.17) is 21.3 Å². The van der Waals surface area contributed by atoms with Crippen LogP contribution in [0.4, 0.5) is 0 Å². The molecule has 0 atom stereocenters. The van der Waals surface area contributed by atoms with Crippen molar-refractivity contribution in [3.8, 4) is 17.1 Å². The van der Waals surface area contributed by atoms with Gasteiger partial charge in [0.2, 0.25) is 0 Å². The van der Waals surface area contributed by atoms with Gasteiger partial charge in [0, 0.05) is 20.7 Å². The SMILES string of the molecule is O=c1c2ccccc2nc(-c2ccc(Cl)cc2)n1CCCCOc1ccc(I)cc1. The van der Waals surface area contributed by atoms with Crippen molar-refractivity contribution in [1.82, 2.24) is 9.55 Å². The second-order valence-electron chi connectivity index (χ2n) is 6.93. The van der Waals surface area contributed by atoms with Crippen molar-refractivity contribution in [2.75, 3.05) is 6.61 Å². The standard InChI is InChI=1S/C24H20ClIN2O2/c25-18-9-7-17(8-10-18)23-27-22-6-2-1-5-21(22)24(29)28(23)15-3-4-16-30-20-13-11-19(26)12-14-20/h1-2,5-14H,3-4,15-16H2. The monoisotopic (exact) mass is 530 g/mol. The van der Waals surface area contributed by atoms with Gasteiger partial charge in [-0.2, -0.15) is 0 Å². The Morgan fingerprint density at radius 1 is 0.933 bits per heavy atom. The maximum absolute atomic E-state index is 13.2. The summed E-state index contributed by atoms with van der Waals surface area (Å²) in [5.74, 6) is 1.52. The minimum atomic E-state index is -0.0240. The van der Waals surface area contributed by atoms with E-state index in [2.05, 4.69) is 22.6 Å². The van der Waals surface area contributed by atoms with Crippen molar-refractivity contribution < 1.29 is 4.74 Å². The minimum Gasteiger partial charge on any atom is -0.494 e. The number of nitrogens with zero attached hydrogens (tertiary/aromatic N) is 2. The Hall–Kier alpha value is -2.38. The van der Waals surface area contributed by atoms with Gasteiger partial charge >= 0.3 is 0 Å². The highest BCUT2D eigenvalue weighted by Gasteiger charge is 2.12. The zero-order chi connectivity index (χ0) is 20.9. The van der Waals surface area contributed by atoms with E-state index in [-0.39, 0.29) is 5.56 Å². The average molecular weight is 531 g/mol. The van der Waals surface area contributed by atoms with E-state index in [0.29, 0.717) is 34.9 Å². The first kappa shape index (κ1) is 20.9. The third-order valence-corrected chi connectivity index (χ3v) is 5.79. The Morgan fingerprint density at radius 3 is 2.43 bits per heavy atom. The van der Waals surface area contributed by atoms with Crippen molar-refractivity contribution in [3.05, 3.63) is 91.7 Å². The van der Waals surface area contributed by atoms with Gasteiger partial charge in [0.25, 0.3) is 5.56 Å². The molecule has 6 heteroatoms. The molecule has 30 heavy (non-hydrogen) atoms. The van der Waals surface area contributed by atoms with E-state index in [1.807, 2.05) is 72.8 Å². The highest BCUT2D eigenvalue weighted by molar-refractivity contribution is 14.1. The maximum Gasteiger partial charge on any atom is 0.261 e. The second kappa shape index (κ2) is 9.62. The van der Waals surface area contributed by atoms with Gasteiger partial charge < -0.3 is 4.74 Å². The highest BCUT2D eigenvalue weighted by atomic mass is 127. The van der Waals surface area contributed by atoms with Crippen LogP contribution in [0.5, 0.6) is 5.75 Å². The summed E-state index contributed by atoms with van der Waals surface area (Å²) in [5.41, 5.74) is 1.55. The van der Waals surface area contributed by atoms with Crippen LogP contribution in [0.1, 0.15) is 12.8 Å². The number of benzene rings is 3. The first-order valence-corrected chi connectivity index (χ1v) is 11.2. The molecule has 0 spiro atoms. The molecular formula is C24H20ClIN2O2. The predicted octanol–water partition coefficient (Wildman–Crippen LogP) is 6.18. The minimum absolute atomic E-state index is 0.0240. The Balaban J connectivity index is 1.53. The third kappa shape index (κ3) is 4.84. The van der Waals surface area contributed by atoms with Gasteiger partial charge in [-0.05, 0) is 96.1 Å². The molecule has 1 aromatic heterocycles. The molecule has 0 radical (unpaired) electrons. The quantitative estimate of drug-likeness (QED) is 0.212. The summed E-state index contributed by atoms with van der Waals surface area (Å²) in [5, 5.41) is 1.28. The molecule has 4 nitrogen and oxygen atoms in total. The van der Waals surface area contributed by atoms with Crippen LogP contribution >= 0.6 is 34.2 Å². The molecule has 152 valence electrons. The fourth-order valence-electron chi connectivity index (χ4n) is 3.29. The number of rotatable bonds is 7. The number of para-hydroxylation sites is 1. The van der Waals surface area contributed by atoms with Gasteiger partial charge in [-0.15, -0.1) is 0 Å². The summed E-state index contributed by atoms with van der Waals surface area (Å²) >= 11 is 8.31. The number of fused-ring (bicyclic) bond motifs is 1. The van der Waals surface area contributed by atoms with Crippen LogP contribution in [0.25, 0.3) is 22.3 Å². The average Bonchev–Trinajstić information content (AvgIpc) is 2.76. The molecule has 0 fully saturated rings. The number of halogens is 2. The lowest BCUT2D eigenvalue weighted by Crippen LogP contribution is -2.24. The fourth-order valence-corrected chi connectivity index (χ4v) is 3.77. The van der Waals surface area contributed by atoms with Crippen molar-refractivity contribution in [3.63, 3.8) is 0 Å². The molecule has 0 aliphatic heterocycles. The molecule has 0 aliphatic carbocycles. The lowest BCUT2D eigenvalue weighted by atomic mass is 10.1. The highest BCUT2D eigenvalue weighted by Crippen LogP contribution is 2.21. The van der Waals surface area contributed by atoms with Gasteiger partial charge in [0.15, 0.2) is 0 Å². The molecule has 4 rings (SSSR count). The van der Waals surface area contributed by atoms with Crippen LogP contribution in [-0.2, 0) is 6.54 Å². The normalized spacial score (nSPS) is 11.0. The lowest BCUT2D eigenvalue weighted by Gasteiger charge is -2.14. The van der Waals surface area contributed by atoms with E-state index in [0.717, 1.165) is 24.2 Å². The summed E-state index contributed by atoms with van der Waals surface area (Å²) < 4.78 is 8.75. The van der Waals surface area contributed by atoms with Crippen LogP contribution < -0.4 is 10.3 Å². The molecule has 0 saturated carbocycles. The van der Waals surface area contributed by atoms with E-state index < -0.39 is 0 Å². The maximum atomic E-state index is 13.2. The van der Waals surface area contributed by atoms with Crippen LogP contribution in [-0.4, -0.2) is 16.2 Å². The lowest BCUT2D eigenvalue weighted by molar-refractivity contribution is 0.303. The Morgan fingerprint density at radius 2 is 1.67 bits per heavy atom. The number of hydrogen-bond acceptors (Lipinski definition) is 3. The molecule has 0 N–H and O–H groups in total. The van der Waals surface area contributed by atoms with Crippen LogP contribution in [0.2, 0.25) is 5.02 Å². The van der Waals surface area contributed by atoms with Crippen LogP contribution in [0.3, 0.4) is 0 Å². The van der Waals surface area contributed by atoms with Crippen molar-refractivity contribution in [2.24, 2.45) is 0 Å². The molecule has 0 aliphatic rings. The summed E-state index contributed by atoms with van der Waals surface area (Å²) in [7, 11) is 0. The number of unbranched alkanes of at least 4 members (excludes halogenated alkanes) is 1. The smallest absolute Gasteiger partial charge is 0.261 e. The molecule has 0 unspecified atom stereocenters. The summed E-state index contributed by atoms with van der Waals surface area (Å²) in [4.78, 5) is 18.0. The molecule has 3 aromatic carbocycles. The predicted molar refractivity (Wildman–Crippen MR) is 130 cm³/mol. The molecule has 0 amide bonds. The largest absolute Gasteiger partial charge is 0.494 e. The second-order valence-corrected chi connectivity index (χ2v) is 8.61. The number of aromatic nitrogens is 2. The zero-order valence-electron chi connectivity index (χ0n) is 16.2. The molecule has 1 heterocycles. The van der Waals surface area contributed by atoms with Gasteiger partial charge in [-0.25, -0.2) is 4.98 Å². The molecular weight excluding hydrogens is 511 g/mol. The van der Waals surface area contributed by atoms with Gasteiger partial charge in [0.05, 0.1) is 17.5 Å². The summed E-state index contributed by atoms with van der Waals surface area (Å²) in [6.07, 6.45) is 1.65. The molecule has 0 bridgehead atoms.